The van der Waals surface area contributed by atoms with Crippen molar-refractivity contribution in [1.29, 1.82) is 0 Å². The Bertz CT molecular complexity index is 505. The first kappa shape index (κ1) is 15.8. The number of thiophene rings is 1. The van der Waals surface area contributed by atoms with Crippen LogP contribution in [-0.2, 0) is 12.8 Å². The molecule has 1 aromatic carbocycles. The molecule has 2 rings (SSSR count). The van der Waals surface area contributed by atoms with E-state index in [1.165, 1.54) is 4.88 Å². The first-order chi connectivity index (χ1) is 9.70. The fraction of sp³-hybridized carbons (Fsp3) is 0.375. The van der Waals surface area contributed by atoms with Crippen LogP contribution < -0.4 is 5.32 Å². The largest absolute Gasteiger partial charge is 0.313 e. The highest BCUT2D eigenvalue weighted by Gasteiger charge is 2.14. The van der Waals surface area contributed by atoms with Crippen LogP contribution in [0.4, 0.5) is 0 Å². The topological polar surface area (TPSA) is 12.0 Å². The van der Waals surface area contributed by atoms with Crippen molar-refractivity contribution in [2.75, 3.05) is 6.54 Å². The fourth-order valence-corrected chi connectivity index (χ4v) is 3.55. The third-order valence-electron chi connectivity index (χ3n) is 3.22. The smallest absolute Gasteiger partial charge is 0.0453 e. The SMILES string of the molecule is CCCNC(Cc1cccs1)Cc1c(Cl)cccc1Cl. The summed E-state index contributed by atoms with van der Waals surface area (Å²) < 4.78 is 0. The van der Waals surface area contributed by atoms with Crippen LogP contribution in [0.2, 0.25) is 10.0 Å². The number of halogens is 2. The number of hydrogen-bond donors (Lipinski definition) is 1. The molecule has 0 aliphatic heterocycles. The van der Waals surface area contributed by atoms with E-state index >= 15 is 0 Å². The van der Waals surface area contributed by atoms with E-state index in [1.807, 2.05) is 18.2 Å². The summed E-state index contributed by atoms with van der Waals surface area (Å²) in [6.45, 7) is 3.19. The van der Waals surface area contributed by atoms with Gasteiger partial charge in [-0.25, -0.2) is 0 Å². The maximum Gasteiger partial charge on any atom is 0.0453 e. The molecular weight excluding hydrogens is 309 g/mol. The third-order valence-corrected chi connectivity index (χ3v) is 4.83. The molecule has 1 atom stereocenters. The zero-order valence-electron chi connectivity index (χ0n) is 11.5. The van der Waals surface area contributed by atoms with Crippen LogP contribution in [0.25, 0.3) is 0 Å². The Balaban J connectivity index is 2.10. The van der Waals surface area contributed by atoms with Crippen molar-refractivity contribution in [3.8, 4) is 0 Å². The molecule has 1 heterocycles. The molecular formula is C16H19Cl2NS. The van der Waals surface area contributed by atoms with Gasteiger partial charge in [-0.1, -0.05) is 42.3 Å². The van der Waals surface area contributed by atoms with Gasteiger partial charge < -0.3 is 5.32 Å². The van der Waals surface area contributed by atoms with Gasteiger partial charge in [0.15, 0.2) is 0 Å². The molecule has 0 bridgehead atoms. The molecule has 108 valence electrons. The van der Waals surface area contributed by atoms with Crippen LogP contribution in [0.15, 0.2) is 35.7 Å². The lowest BCUT2D eigenvalue weighted by molar-refractivity contribution is 0.507. The molecule has 1 aromatic heterocycles. The van der Waals surface area contributed by atoms with Crippen molar-refractivity contribution in [2.24, 2.45) is 0 Å². The average molecular weight is 328 g/mol. The van der Waals surface area contributed by atoms with Crippen LogP contribution in [0.3, 0.4) is 0 Å². The summed E-state index contributed by atoms with van der Waals surface area (Å²) in [5.41, 5.74) is 1.04. The van der Waals surface area contributed by atoms with E-state index in [9.17, 15) is 0 Å². The van der Waals surface area contributed by atoms with Gasteiger partial charge in [0.05, 0.1) is 0 Å². The van der Waals surface area contributed by atoms with Crippen LogP contribution >= 0.6 is 34.5 Å². The van der Waals surface area contributed by atoms with E-state index in [1.54, 1.807) is 11.3 Å². The maximum absolute atomic E-state index is 6.28. The van der Waals surface area contributed by atoms with Crippen LogP contribution in [0.5, 0.6) is 0 Å². The lowest BCUT2D eigenvalue weighted by atomic mass is 10.0. The monoisotopic (exact) mass is 327 g/mol. The molecule has 0 aliphatic carbocycles. The predicted octanol–water partition coefficient (Wildman–Crippen LogP) is 5.21. The van der Waals surface area contributed by atoms with Crippen LogP contribution in [0, 0.1) is 0 Å². The first-order valence-electron chi connectivity index (χ1n) is 6.89. The molecule has 0 saturated carbocycles. The summed E-state index contributed by atoms with van der Waals surface area (Å²) in [6.07, 6.45) is 2.99. The fourth-order valence-electron chi connectivity index (χ4n) is 2.21. The molecule has 0 amide bonds. The standard InChI is InChI=1S/C16H19Cl2NS/c1-2-8-19-12(10-13-5-4-9-20-13)11-14-15(17)6-3-7-16(14)18/h3-7,9,12,19H,2,8,10-11H2,1H3. The van der Waals surface area contributed by atoms with Crippen molar-refractivity contribution in [1.82, 2.24) is 5.32 Å². The van der Waals surface area contributed by atoms with Crippen molar-refractivity contribution in [3.63, 3.8) is 0 Å². The second kappa shape index (κ2) is 8.04. The lowest BCUT2D eigenvalue weighted by Gasteiger charge is -2.19. The van der Waals surface area contributed by atoms with Gasteiger partial charge >= 0.3 is 0 Å². The molecule has 4 heteroatoms. The summed E-state index contributed by atoms with van der Waals surface area (Å²) in [4.78, 5) is 1.39. The Labute approximate surface area is 134 Å². The molecule has 1 unspecified atom stereocenters. The number of hydrogen-bond acceptors (Lipinski definition) is 2. The first-order valence-corrected chi connectivity index (χ1v) is 8.53. The second-order valence-corrected chi connectivity index (χ2v) is 6.69. The highest BCUT2D eigenvalue weighted by molar-refractivity contribution is 7.09. The Kier molecular flexibility index (Phi) is 6.37. The number of nitrogens with one attached hydrogen (secondary N) is 1. The molecule has 2 aromatic rings. The zero-order chi connectivity index (χ0) is 14.4. The van der Waals surface area contributed by atoms with Gasteiger partial charge in [0.2, 0.25) is 0 Å². The summed E-state index contributed by atoms with van der Waals surface area (Å²) in [6, 6.07) is 10.3. The molecule has 1 nitrogen and oxygen atoms in total. The Morgan fingerprint density at radius 3 is 2.45 bits per heavy atom. The summed E-state index contributed by atoms with van der Waals surface area (Å²) >= 11 is 14.4. The molecule has 0 saturated heterocycles. The predicted molar refractivity (Wildman–Crippen MR) is 90.3 cm³/mol. The molecule has 1 N–H and O–H groups in total. The highest BCUT2D eigenvalue weighted by Crippen LogP contribution is 2.26. The van der Waals surface area contributed by atoms with Gasteiger partial charge in [-0.05, 0) is 54.9 Å². The van der Waals surface area contributed by atoms with E-state index in [2.05, 4.69) is 29.8 Å². The molecule has 20 heavy (non-hydrogen) atoms. The molecule has 0 spiro atoms. The van der Waals surface area contributed by atoms with Crippen LogP contribution in [0.1, 0.15) is 23.8 Å². The minimum Gasteiger partial charge on any atom is -0.313 e. The summed E-state index contributed by atoms with van der Waals surface area (Å²) in [5, 5.41) is 7.23. The minimum absolute atomic E-state index is 0.367. The normalized spacial score (nSPS) is 12.6. The van der Waals surface area contributed by atoms with Crippen molar-refractivity contribution in [2.45, 2.75) is 32.2 Å². The number of benzene rings is 1. The highest BCUT2D eigenvalue weighted by atomic mass is 35.5. The van der Waals surface area contributed by atoms with E-state index < -0.39 is 0 Å². The molecule has 0 aliphatic rings. The van der Waals surface area contributed by atoms with Gasteiger partial charge in [-0.3, -0.25) is 0 Å². The summed E-state index contributed by atoms with van der Waals surface area (Å²) in [5.74, 6) is 0. The number of rotatable bonds is 7. The van der Waals surface area contributed by atoms with Gasteiger partial charge in [-0.2, -0.15) is 0 Å². The van der Waals surface area contributed by atoms with Crippen molar-refractivity contribution < 1.29 is 0 Å². The van der Waals surface area contributed by atoms with E-state index in [4.69, 9.17) is 23.2 Å². The van der Waals surface area contributed by atoms with E-state index in [-0.39, 0.29) is 0 Å². The van der Waals surface area contributed by atoms with E-state index in [0.29, 0.717) is 6.04 Å². The maximum atomic E-state index is 6.28. The summed E-state index contributed by atoms with van der Waals surface area (Å²) in [7, 11) is 0. The van der Waals surface area contributed by atoms with Gasteiger partial charge in [0.25, 0.3) is 0 Å². The third kappa shape index (κ3) is 4.49. The van der Waals surface area contributed by atoms with Gasteiger partial charge in [-0.15, -0.1) is 11.3 Å². The van der Waals surface area contributed by atoms with Gasteiger partial charge in [0.1, 0.15) is 0 Å². The Morgan fingerprint density at radius 1 is 1.10 bits per heavy atom. The Hall–Kier alpha value is -0.540. The Morgan fingerprint density at radius 2 is 1.85 bits per heavy atom. The lowest BCUT2D eigenvalue weighted by Crippen LogP contribution is -2.33. The molecule has 0 fully saturated rings. The van der Waals surface area contributed by atoms with Crippen LogP contribution in [-0.4, -0.2) is 12.6 Å². The quantitative estimate of drug-likeness (QED) is 0.736. The van der Waals surface area contributed by atoms with Crippen molar-refractivity contribution >= 4 is 34.5 Å². The zero-order valence-corrected chi connectivity index (χ0v) is 13.9. The van der Waals surface area contributed by atoms with Crippen molar-refractivity contribution in [3.05, 3.63) is 56.2 Å². The minimum atomic E-state index is 0.367. The molecule has 0 radical (unpaired) electrons. The average Bonchev–Trinajstić information content (AvgIpc) is 2.93. The van der Waals surface area contributed by atoms with Gasteiger partial charge in [0, 0.05) is 21.0 Å². The second-order valence-electron chi connectivity index (χ2n) is 4.84. The van der Waals surface area contributed by atoms with E-state index in [0.717, 1.165) is 41.4 Å².